The van der Waals surface area contributed by atoms with Crippen LogP contribution in [0.3, 0.4) is 0 Å². The maximum atomic E-state index is 3.82. The Labute approximate surface area is 131 Å². The first kappa shape index (κ1) is 15.3. The van der Waals surface area contributed by atoms with Crippen LogP contribution in [0, 0.1) is 12.8 Å². The van der Waals surface area contributed by atoms with Gasteiger partial charge in [-0.05, 0) is 42.4 Å². The molecule has 2 rings (SSSR count). The molecule has 0 aliphatic carbocycles. The fourth-order valence-electron chi connectivity index (χ4n) is 2.38. The Balaban J connectivity index is 2.01. The predicted octanol–water partition coefficient (Wildman–Crippen LogP) is 5.87. The predicted molar refractivity (Wildman–Crippen MR) is 91.5 cm³/mol. The van der Waals surface area contributed by atoms with E-state index in [-0.39, 0.29) is 0 Å². The van der Waals surface area contributed by atoms with E-state index in [1.165, 1.54) is 22.3 Å². The third-order valence-corrected chi connectivity index (χ3v) is 4.37. The van der Waals surface area contributed by atoms with Gasteiger partial charge in [0.05, 0.1) is 0 Å². The van der Waals surface area contributed by atoms with E-state index in [4.69, 9.17) is 0 Å². The summed E-state index contributed by atoms with van der Waals surface area (Å²) in [7, 11) is 0. The molecule has 0 saturated carbocycles. The smallest absolute Gasteiger partial charge is 0.0435 e. The lowest BCUT2D eigenvalue weighted by molar-refractivity contribution is 0.647. The third kappa shape index (κ3) is 4.49. The zero-order valence-electron chi connectivity index (χ0n) is 12.6. The highest BCUT2D eigenvalue weighted by Gasteiger charge is 2.08. The molecule has 0 nitrogen and oxygen atoms in total. The first-order chi connectivity index (χ1) is 9.54. The van der Waals surface area contributed by atoms with Crippen molar-refractivity contribution in [3.8, 4) is 0 Å². The van der Waals surface area contributed by atoms with Gasteiger partial charge in [-0.15, -0.1) is 0 Å². The Bertz CT molecular complexity index is 523. The normalized spacial score (nSPS) is 12.7. The van der Waals surface area contributed by atoms with Crippen LogP contribution in [0.25, 0.3) is 0 Å². The van der Waals surface area contributed by atoms with E-state index < -0.39 is 0 Å². The highest BCUT2D eigenvalue weighted by molar-refractivity contribution is 9.09. The van der Waals surface area contributed by atoms with Crippen molar-refractivity contribution in [3.05, 3.63) is 70.8 Å². The minimum atomic E-state index is 0.387. The van der Waals surface area contributed by atoms with E-state index in [0.29, 0.717) is 10.7 Å². The average Bonchev–Trinajstić information content (AvgIpc) is 2.41. The van der Waals surface area contributed by atoms with E-state index >= 15 is 0 Å². The Morgan fingerprint density at radius 2 is 1.30 bits per heavy atom. The number of aryl methyl sites for hydroxylation is 1. The summed E-state index contributed by atoms with van der Waals surface area (Å²) < 4.78 is 0. The van der Waals surface area contributed by atoms with Crippen molar-refractivity contribution < 1.29 is 0 Å². The fraction of sp³-hybridized carbons (Fsp3) is 0.368. The minimum Gasteiger partial charge on any atom is -0.0835 e. The molecule has 0 aliphatic rings. The van der Waals surface area contributed by atoms with Gasteiger partial charge in [0.1, 0.15) is 0 Å². The molecule has 106 valence electrons. The molecule has 2 aromatic rings. The summed E-state index contributed by atoms with van der Waals surface area (Å²) in [5.41, 5.74) is 5.48. The molecule has 0 heterocycles. The number of hydrogen-bond acceptors (Lipinski definition) is 0. The highest BCUT2D eigenvalue weighted by Crippen LogP contribution is 2.27. The lowest BCUT2D eigenvalue weighted by atomic mass is 9.99. The second-order valence-electron chi connectivity index (χ2n) is 6.00. The summed E-state index contributed by atoms with van der Waals surface area (Å²) in [6, 6.07) is 17.8. The average molecular weight is 331 g/mol. The molecule has 1 heteroatoms. The minimum absolute atomic E-state index is 0.387. The second-order valence-corrected chi connectivity index (χ2v) is 7.10. The monoisotopic (exact) mass is 330 g/mol. The van der Waals surface area contributed by atoms with Gasteiger partial charge in [0.15, 0.2) is 0 Å². The van der Waals surface area contributed by atoms with E-state index in [9.17, 15) is 0 Å². The Kier molecular flexibility index (Phi) is 5.42. The van der Waals surface area contributed by atoms with Crippen LogP contribution in [0.2, 0.25) is 0 Å². The Hall–Kier alpha value is -1.08. The van der Waals surface area contributed by atoms with Crippen LogP contribution in [0.5, 0.6) is 0 Å². The number of rotatable bonds is 5. The molecule has 20 heavy (non-hydrogen) atoms. The van der Waals surface area contributed by atoms with Crippen LogP contribution in [0.4, 0.5) is 0 Å². The van der Waals surface area contributed by atoms with Crippen molar-refractivity contribution in [3.63, 3.8) is 0 Å². The molecular formula is C19H23Br. The zero-order chi connectivity index (χ0) is 14.5. The van der Waals surface area contributed by atoms with Crippen molar-refractivity contribution in [1.29, 1.82) is 0 Å². The van der Waals surface area contributed by atoms with Gasteiger partial charge in [-0.1, -0.05) is 83.9 Å². The molecule has 0 saturated heterocycles. The quantitative estimate of drug-likeness (QED) is 0.601. The summed E-state index contributed by atoms with van der Waals surface area (Å²) in [4.78, 5) is 0.387. The van der Waals surface area contributed by atoms with Gasteiger partial charge in [-0.25, -0.2) is 0 Å². The van der Waals surface area contributed by atoms with Crippen molar-refractivity contribution in [2.75, 3.05) is 0 Å². The topological polar surface area (TPSA) is 0 Å². The molecule has 0 spiro atoms. The molecule has 0 bridgehead atoms. The van der Waals surface area contributed by atoms with E-state index in [1.54, 1.807) is 0 Å². The van der Waals surface area contributed by atoms with Crippen LogP contribution in [0.15, 0.2) is 48.5 Å². The molecule has 2 aromatic carbocycles. The van der Waals surface area contributed by atoms with Gasteiger partial charge < -0.3 is 0 Å². The van der Waals surface area contributed by atoms with E-state index in [0.717, 1.165) is 12.8 Å². The first-order valence-corrected chi connectivity index (χ1v) is 8.24. The summed E-state index contributed by atoms with van der Waals surface area (Å²) >= 11 is 3.82. The van der Waals surface area contributed by atoms with Gasteiger partial charge in [-0.2, -0.15) is 0 Å². The maximum Gasteiger partial charge on any atom is 0.0435 e. The number of benzene rings is 2. The zero-order valence-corrected chi connectivity index (χ0v) is 14.2. The lowest BCUT2D eigenvalue weighted by Gasteiger charge is -2.12. The number of alkyl halides is 1. The Morgan fingerprint density at radius 1 is 0.800 bits per heavy atom. The maximum absolute atomic E-state index is 3.82. The van der Waals surface area contributed by atoms with E-state index in [1.807, 2.05) is 0 Å². The standard InChI is InChI=1S/C19H23Br/c1-14(2)12-16-8-10-18(11-9-16)19(20)13-17-6-4-15(3)5-7-17/h4-11,14,19H,12-13H2,1-3H3. The number of hydrogen-bond donors (Lipinski definition) is 0. The molecule has 0 radical (unpaired) electrons. The van der Waals surface area contributed by atoms with Crippen LogP contribution < -0.4 is 0 Å². The first-order valence-electron chi connectivity index (χ1n) is 7.33. The Morgan fingerprint density at radius 3 is 1.85 bits per heavy atom. The van der Waals surface area contributed by atoms with Gasteiger partial charge in [0.25, 0.3) is 0 Å². The molecule has 0 aromatic heterocycles. The molecule has 1 atom stereocenters. The van der Waals surface area contributed by atoms with Crippen molar-refractivity contribution in [2.45, 2.75) is 38.4 Å². The molecule has 1 unspecified atom stereocenters. The van der Waals surface area contributed by atoms with Crippen molar-refractivity contribution in [1.82, 2.24) is 0 Å². The molecule has 0 aliphatic heterocycles. The number of halogens is 1. The molecule has 0 fully saturated rings. The van der Waals surface area contributed by atoms with Crippen LogP contribution in [0.1, 0.15) is 40.9 Å². The summed E-state index contributed by atoms with van der Waals surface area (Å²) in [5.74, 6) is 0.716. The fourth-order valence-corrected chi connectivity index (χ4v) is 3.06. The van der Waals surface area contributed by atoms with Crippen molar-refractivity contribution >= 4 is 15.9 Å². The summed E-state index contributed by atoms with van der Waals surface area (Å²) in [6.45, 7) is 6.65. The lowest BCUT2D eigenvalue weighted by Crippen LogP contribution is -1.97. The highest BCUT2D eigenvalue weighted by atomic mass is 79.9. The second kappa shape index (κ2) is 7.08. The van der Waals surface area contributed by atoms with Crippen LogP contribution >= 0.6 is 15.9 Å². The van der Waals surface area contributed by atoms with Crippen LogP contribution in [-0.2, 0) is 12.8 Å². The van der Waals surface area contributed by atoms with E-state index in [2.05, 4.69) is 85.2 Å². The SMILES string of the molecule is Cc1ccc(CC(Br)c2ccc(CC(C)C)cc2)cc1. The molecular weight excluding hydrogens is 308 g/mol. The molecule has 0 N–H and O–H groups in total. The van der Waals surface area contributed by atoms with Gasteiger partial charge in [0, 0.05) is 4.83 Å². The van der Waals surface area contributed by atoms with Gasteiger partial charge in [-0.3, -0.25) is 0 Å². The summed E-state index contributed by atoms with van der Waals surface area (Å²) in [5, 5.41) is 0. The largest absolute Gasteiger partial charge is 0.0835 e. The molecule has 0 amide bonds. The van der Waals surface area contributed by atoms with Gasteiger partial charge in [0.2, 0.25) is 0 Å². The third-order valence-electron chi connectivity index (χ3n) is 3.52. The van der Waals surface area contributed by atoms with Crippen molar-refractivity contribution in [2.24, 2.45) is 5.92 Å². The summed E-state index contributed by atoms with van der Waals surface area (Å²) in [6.07, 6.45) is 2.19. The van der Waals surface area contributed by atoms with Crippen LogP contribution in [-0.4, -0.2) is 0 Å². The van der Waals surface area contributed by atoms with Gasteiger partial charge >= 0.3 is 0 Å².